The quantitative estimate of drug-likeness (QED) is 0.646. The maximum absolute atomic E-state index is 13.6. The lowest BCUT2D eigenvalue weighted by Crippen LogP contribution is -2.25. The summed E-state index contributed by atoms with van der Waals surface area (Å²) in [4.78, 5) is 22.6. The normalized spacial score (nSPS) is 16.2. The van der Waals surface area contributed by atoms with Crippen molar-refractivity contribution < 1.29 is 14.3 Å². The van der Waals surface area contributed by atoms with Gasteiger partial charge < -0.3 is 10.0 Å². The number of anilines is 1. The number of halogens is 2. The Balaban J connectivity index is 1.68. The Morgan fingerprint density at radius 2 is 2.03 bits per heavy atom. The molecule has 1 aliphatic heterocycles. The van der Waals surface area contributed by atoms with Crippen LogP contribution < -0.4 is 4.90 Å². The number of aromatic carboxylic acids is 1. The van der Waals surface area contributed by atoms with E-state index < -0.39 is 5.97 Å². The third-order valence-corrected chi connectivity index (χ3v) is 5.36. The molecule has 0 radical (unpaired) electrons. The van der Waals surface area contributed by atoms with E-state index in [1.54, 1.807) is 12.1 Å². The number of carboxylic acid groups (broad SMARTS) is 1. The van der Waals surface area contributed by atoms with Crippen molar-refractivity contribution in [2.24, 2.45) is 0 Å². The van der Waals surface area contributed by atoms with Crippen molar-refractivity contribution >= 4 is 23.5 Å². The van der Waals surface area contributed by atoms with Gasteiger partial charge in [-0.05, 0) is 48.2 Å². The second kappa shape index (κ2) is 8.17. The molecule has 1 saturated heterocycles. The monoisotopic (exact) mass is 411 g/mol. The van der Waals surface area contributed by atoms with Crippen molar-refractivity contribution in [2.75, 3.05) is 11.4 Å². The predicted octanol–water partition coefficient (Wildman–Crippen LogP) is 4.90. The Morgan fingerprint density at radius 3 is 2.76 bits per heavy atom. The first-order valence-corrected chi connectivity index (χ1v) is 9.75. The van der Waals surface area contributed by atoms with Crippen molar-refractivity contribution in [3.05, 3.63) is 88.0 Å². The number of nitrogens with zero attached hydrogens (tertiary/aromatic N) is 3. The highest BCUT2D eigenvalue weighted by Crippen LogP contribution is 2.35. The van der Waals surface area contributed by atoms with E-state index >= 15 is 0 Å². The molecule has 0 bridgehead atoms. The molecule has 29 heavy (non-hydrogen) atoms. The molecule has 1 atom stereocenters. The maximum Gasteiger partial charge on any atom is 0.339 e. The highest BCUT2D eigenvalue weighted by atomic mass is 35.5. The van der Waals surface area contributed by atoms with Crippen LogP contribution in [0.5, 0.6) is 0 Å². The summed E-state index contributed by atoms with van der Waals surface area (Å²) in [6.07, 6.45) is 3.49. The van der Waals surface area contributed by atoms with Gasteiger partial charge in [-0.3, -0.25) is 0 Å². The van der Waals surface area contributed by atoms with Crippen LogP contribution in [0.25, 0.3) is 0 Å². The van der Waals surface area contributed by atoms with Gasteiger partial charge in [0.2, 0.25) is 5.95 Å². The first-order valence-electron chi connectivity index (χ1n) is 9.37. The fraction of sp³-hybridized carbons (Fsp3) is 0.227. The zero-order valence-electron chi connectivity index (χ0n) is 15.6. The lowest BCUT2D eigenvalue weighted by atomic mass is 10.0. The SMILES string of the molecule is O=C(O)c1cnc(N2CCC[C@@H]2c2ccc(Cl)cc2)nc1Cc1cccc(F)c1. The van der Waals surface area contributed by atoms with E-state index in [0.717, 1.165) is 24.9 Å². The molecule has 0 aliphatic carbocycles. The third-order valence-electron chi connectivity index (χ3n) is 5.11. The van der Waals surface area contributed by atoms with Crippen LogP contribution in [-0.2, 0) is 6.42 Å². The Labute approximate surface area is 172 Å². The number of hydrogen-bond donors (Lipinski definition) is 1. The van der Waals surface area contributed by atoms with Crippen LogP contribution in [0.2, 0.25) is 5.02 Å². The second-order valence-corrected chi connectivity index (χ2v) is 7.48. The van der Waals surface area contributed by atoms with E-state index in [0.29, 0.717) is 22.2 Å². The van der Waals surface area contributed by atoms with Crippen LogP contribution in [0.3, 0.4) is 0 Å². The molecule has 3 aromatic rings. The van der Waals surface area contributed by atoms with Gasteiger partial charge in [-0.15, -0.1) is 0 Å². The molecule has 7 heteroatoms. The van der Waals surface area contributed by atoms with Crippen molar-refractivity contribution in [2.45, 2.75) is 25.3 Å². The molecule has 1 aliphatic rings. The van der Waals surface area contributed by atoms with Gasteiger partial charge in [0, 0.05) is 24.2 Å². The Kier molecular flexibility index (Phi) is 5.45. The molecule has 0 amide bonds. The summed E-state index contributed by atoms with van der Waals surface area (Å²) < 4.78 is 13.6. The molecule has 148 valence electrons. The Bertz CT molecular complexity index is 1040. The molecule has 5 nitrogen and oxygen atoms in total. The van der Waals surface area contributed by atoms with Crippen LogP contribution in [-0.4, -0.2) is 27.6 Å². The van der Waals surface area contributed by atoms with Crippen molar-refractivity contribution in [1.29, 1.82) is 0 Å². The zero-order chi connectivity index (χ0) is 20.4. The Hall–Kier alpha value is -2.99. The summed E-state index contributed by atoms with van der Waals surface area (Å²) in [6.45, 7) is 0.777. The molecule has 0 unspecified atom stereocenters. The Morgan fingerprint density at radius 1 is 1.24 bits per heavy atom. The van der Waals surface area contributed by atoms with E-state index in [1.165, 1.54) is 18.3 Å². The fourth-order valence-electron chi connectivity index (χ4n) is 3.74. The molecule has 1 fully saturated rings. The average Bonchev–Trinajstić information content (AvgIpc) is 3.18. The fourth-order valence-corrected chi connectivity index (χ4v) is 3.86. The predicted molar refractivity (Wildman–Crippen MR) is 109 cm³/mol. The van der Waals surface area contributed by atoms with Crippen molar-refractivity contribution in [3.63, 3.8) is 0 Å². The van der Waals surface area contributed by atoms with E-state index in [9.17, 15) is 14.3 Å². The van der Waals surface area contributed by atoms with Gasteiger partial charge >= 0.3 is 5.97 Å². The van der Waals surface area contributed by atoms with Crippen LogP contribution in [0, 0.1) is 5.82 Å². The molecule has 1 N–H and O–H groups in total. The van der Waals surface area contributed by atoms with Gasteiger partial charge in [-0.25, -0.2) is 19.2 Å². The smallest absolute Gasteiger partial charge is 0.339 e. The van der Waals surface area contributed by atoms with Crippen LogP contribution in [0.15, 0.2) is 54.7 Å². The van der Waals surface area contributed by atoms with Crippen molar-refractivity contribution in [1.82, 2.24) is 9.97 Å². The van der Waals surface area contributed by atoms with Crippen LogP contribution >= 0.6 is 11.6 Å². The van der Waals surface area contributed by atoms with Gasteiger partial charge in [0.1, 0.15) is 5.82 Å². The first-order chi connectivity index (χ1) is 14.0. The molecule has 0 saturated carbocycles. The summed E-state index contributed by atoms with van der Waals surface area (Å²) >= 11 is 6.01. The summed E-state index contributed by atoms with van der Waals surface area (Å²) in [6, 6.07) is 13.9. The molecular weight excluding hydrogens is 393 g/mol. The number of benzene rings is 2. The molecule has 4 rings (SSSR count). The van der Waals surface area contributed by atoms with Crippen molar-refractivity contribution in [3.8, 4) is 0 Å². The topological polar surface area (TPSA) is 66.3 Å². The number of carboxylic acids is 1. The van der Waals surface area contributed by atoms with Gasteiger partial charge in [-0.1, -0.05) is 35.9 Å². The largest absolute Gasteiger partial charge is 0.478 e. The number of carbonyl (C=O) groups is 1. The molecule has 2 aromatic carbocycles. The van der Waals surface area contributed by atoms with E-state index in [2.05, 4.69) is 14.9 Å². The maximum atomic E-state index is 13.6. The zero-order valence-corrected chi connectivity index (χ0v) is 16.3. The minimum Gasteiger partial charge on any atom is -0.478 e. The summed E-state index contributed by atoms with van der Waals surface area (Å²) in [5.41, 5.74) is 2.17. The highest BCUT2D eigenvalue weighted by Gasteiger charge is 2.29. The molecular formula is C22H19ClFN3O2. The molecule has 0 spiro atoms. The van der Waals surface area contributed by atoms with Gasteiger partial charge in [0.15, 0.2) is 0 Å². The highest BCUT2D eigenvalue weighted by molar-refractivity contribution is 6.30. The average molecular weight is 412 g/mol. The van der Waals surface area contributed by atoms with E-state index in [-0.39, 0.29) is 23.8 Å². The van der Waals surface area contributed by atoms with Crippen LogP contribution in [0.4, 0.5) is 10.3 Å². The summed E-state index contributed by atoms with van der Waals surface area (Å²) in [7, 11) is 0. The number of rotatable bonds is 5. The lowest BCUT2D eigenvalue weighted by molar-refractivity contribution is 0.0695. The number of aromatic nitrogens is 2. The molecule has 1 aromatic heterocycles. The third kappa shape index (κ3) is 4.22. The number of hydrogen-bond acceptors (Lipinski definition) is 4. The minimum absolute atomic E-state index is 0.0280. The molecule has 2 heterocycles. The van der Waals surface area contributed by atoms with Gasteiger partial charge in [-0.2, -0.15) is 0 Å². The van der Waals surface area contributed by atoms with E-state index in [1.807, 2.05) is 24.3 Å². The van der Waals surface area contributed by atoms with E-state index in [4.69, 9.17) is 11.6 Å². The lowest BCUT2D eigenvalue weighted by Gasteiger charge is -2.25. The summed E-state index contributed by atoms with van der Waals surface area (Å²) in [5, 5.41) is 10.2. The van der Waals surface area contributed by atoms with Gasteiger partial charge in [0.25, 0.3) is 0 Å². The second-order valence-electron chi connectivity index (χ2n) is 7.05. The van der Waals surface area contributed by atoms with Crippen LogP contribution in [0.1, 0.15) is 46.1 Å². The minimum atomic E-state index is -1.10. The summed E-state index contributed by atoms with van der Waals surface area (Å²) in [5.74, 6) is -0.978. The van der Waals surface area contributed by atoms with Gasteiger partial charge in [0.05, 0.1) is 17.3 Å². The first kappa shape index (κ1) is 19.3. The standard InChI is InChI=1S/C22H19ClFN3O2/c23-16-8-6-15(7-9-16)20-5-2-10-27(20)22-25-13-18(21(28)29)19(26-22)12-14-3-1-4-17(24)11-14/h1,3-4,6-9,11,13,20H,2,5,10,12H2,(H,28,29)/t20-/m1/s1.